The van der Waals surface area contributed by atoms with Gasteiger partial charge in [0.2, 0.25) is 0 Å². The van der Waals surface area contributed by atoms with E-state index in [1.807, 2.05) is 0 Å². The third-order valence-corrected chi connectivity index (χ3v) is 1.76. The van der Waals surface area contributed by atoms with Gasteiger partial charge in [0.25, 0.3) is 6.43 Å². The van der Waals surface area contributed by atoms with Crippen LogP contribution in [0.1, 0.15) is 17.6 Å². The van der Waals surface area contributed by atoms with Crippen molar-refractivity contribution in [3.8, 4) is 11.8 Å². The Kier molecular flexibility index (Phi) is 3.89. The van der Waals surface area contributed by atoms with Crippen molar-refractivity contribution in [2.24, 2.45) is 0 Å². The third kappa shape index (κ3) is 4.26. The second-order valence-electron chi connectivity index (χ2n) is 3.09. The minimum atomic E-state index is -4.95. The average Bonchev–Trinajstić information content (AvgIpc) is 2.14. The molecular weight excluding hydrogens is 245 g/mol. The third-order valence-electron chi connectivity index (χ3n) is 1.76. The molecule has 0 N–H and O–H groups in total. The standard InChI is InChI=1S/C10H6F5NO/c11-9(12)7-3-6(1-2-16)4-8(5-7)17-10(13,14)15/h3-5,9H,1H2. The van der Waals surface area contributed by atoms with E-state index in [-0.39, 0.29) is 12.0 Å². The Hall–Kier alpha value is -1.84. The summed E-state index contributed by atoms with van der Waals surface area (Å²) in [7, 11) is 0. The number of alkyl halides is 5. The van der Waals surface area contributed by atoms with Gasteiger partial charge in [-0.15, -0.1) is 13.2 Å². The van der Waals surface area contributed by atoms with Crippen molar-refractivity contribution in [1.29, 1.82) is 5.26 Å². The number of hydrogen-bond acceptors (Lipinski definition) is 2. The van der Waals surface area contributed by atoms with Crippen LogP contribution >= 0.6 is 0 Å². The predicted molar refractivity (Wildman–Crippen MR) is 47.4 cm³/mol. The van der Waals surface area contributed by atoms with Gasteiger partial charge in [0.05, 0.1) is 12.5 Å². The number of benzene rings is 1. The molecule has 0 aliphatic rings. The second-order valence-corrected chi connectivity index (χ2v) is 3.09. The Morgan fingerprint density at radius 2 is 1.88 bits per heavy atom. The van der Waals surface area contributed by atoms with E-state index in [2.05, 4.69) is 4.74 Å². The van der Waals surface area contributed by atoms with Crippen LogP contribution in [-0.4, -0.2) is 6.36 Å². The fourth-order valence-corrected chi connectivity index (χ4v) is 1.20. The summed E-state index contributed by atoms with van der Waals surface area (Å²) < 4.78 is 64.0. The minimum Gasteiger partial charge on any atom is -0.406 e. The van der Waals surface area contributed by atoms with Gasteiger partial charge in [-0.25, -0.2) is 8.78 Å². The smallest absolute Gasteiger partial charge is 0.406 e. The highest BCUT2D eigenvalue weighted by Gasteiger charge is 2.31. The summed E-state index contributed by atoms with van der Waals surface area (Å²) in [5.74, 6) is -0.749. The lowest BCUT2D eigenvalue weighted by Crippen LogP contribution is -2.17. The summed E-state index contributed by atoms with van der Waals surface area (Å²) in [5, 5.41) is 8.37. The first-order valence-electron chi connectivity index (χ1n) is 4.36. The minimum absolute atomic E-state index is 0.0459. The molecule has 1 rings (SSSR count). The number of nitrogens with zero attached hydrogens (tertiary/aromatic N) is 1. The van der Waals surface area contributed by atoms with Crippen LogP contribution in [0.5, 0.6) is 5.75 Å². The molecule has 7 heteroatoms. The summed E-state index contributed by atoms with van der Waals surface area (Å²) in [6, 6.07) is 4.13. The Bertz CT molecular complexity index is 435. The van der Waals surface area contributed by atoms with Crippen LogP contribution in [0.25, 0.3) is 0 Å². The lowest BCUT2D eigenvalue weighted by molar-refractivity contribution is -0.274. The highest BCUT2D eigenvalue weighted by atomic mass is 19.4. The monoisotopic (exact) mass is 251 g/mol. The van der Waals surface area contributed by atoms with Gasteiger partial charge in [-0.05, 0) is 23.8 Å². The Balaban J connectivity index is 3.09. The number of rotatable bonds is 3. The van der Waals surface area contributed by atoms with Crippen molar-refractivity contribution in [2.75, 3.05) is 0 Å². The van der Waals surface area contributed by atoms with Crippen molar-refractivity contribution >= 4 is 0 Å². The van der Waals surface area contributed by atoms with E-state index in [9.17, 15) is 22.0 Å². The molecule has 0 saturated heterocycles. The summed E-state index contributed by atoms with van der Waals surface area (Å²) >= 11 is 0. The Labute approximate surface area is 93.2 Å². The summed E-state index contributed by atoms with van der Waals surface area (Å²) in [6.07, 6.45) is -8.15. The lowest BCUT2D eigenvalue weighted by atomic mass is 10.1. The van der Waals surface area contributed by atoms with Crippen molar-refractivity contribution in [3.05, 3.63) is 29.3 Å². The van der Waals surface area contributed by atoms with Gasteiger partial charge in [0, 0.05) is 5.56 Å². The van der Waals surface area contributed by atoms with E-state index in [4.69, 9.17) is 5.26 Å². The van der Waals surface area contributed by atoms with E-state index in [1.165, 1.54) is 0 Å². The maximum atomic E-state index is 12.4. The van der Waals surface area contributed by atoms with Crippen LogP contribution in [0.4, 0.5) is 22.0 Å². The first kappa shape index (κ1) is 13.2. The number of hydrogen-bond donors (Lipinski definition) is 0. The molecule has 2 nitrogen and oxygen atoms in total. The quantitative estimate of drug-likeness (QED) is 0.769. The normalized spacial score (nSPS) is 11.4. The van der Waals surface area contributed by atoms with Crippen molar-refractivity contribution in [3.63, 3.8) is 0 Å². The molecule has 0 bridgehead atoms. The fourth-order valence-electron chi connectivity index (χ4n) is 1.20. The van der Waals surface area contributed by atoms with Crippen LogP contribution in [0, 0.1) is 11.3 Å². The summed E-state index contributed by atoms with van der Waals surface area (Å²) in [4.78, 5) is 0. The molecule has 0 aliphatic carbocycles. The van der Waals surface area contributed by atoms with Gasteiger partial charge in [0.15, 0.2) is 0 Å². The first-order chi connectivity index (χ1) is 7.81. The Morgan fingerprint density at radius 3 is 2.35 bits per heavy atom. The van der Waals surface area contributed by atoms with Gasteiger partial charge in [-0.2, -0.15) is 5.26 Å². The maximum absolute atomic E-state index is 12.4. The van der Waals surface area contributed by atoms with Gasteiger partial charge in [-0.1, -0.05) is 0 Å². The zero-order valence-corrected chi connectivity index (χ0v) is 8.26. The van der Waals surface area contributed by atoms with Crippen LogP contribution in [0.2, 0.25) is 0 Å². The van der Waals surface area contributed by atoms with Crippen molar-refractivity contribution in [2.45, 2.75) is 19.2 Å². The zero-order valence-electron chi connectivity index (χ0n) is 8.26. The highest BCUT2D eigenvalue weighted by Crippen LogP contribution is 2.29. The molecule has 0 aromatic heterocycles. The molecule has 0 heterocycles. The van der Waals surface area contributed by atoms with Crippen LogP contribution in [0.15, 0.2) is 18.2 Å². The molecule has 0 fully saturated rings. The van der Waals surface area contributed by atoms with Gasteiger partial charge < -0.3 is 4.74 Å². The number of halogens is 5. The molecule has 0 amide bonds. The van der Waals surface area contributed by atoms with E-state index < -0.39 is 24.1 Å². The maximum Gasteiger partial charge on any atom is 0.573 e. The largest absolute Gasteiger partial charge is 0.573 e. The predicted octanol–water partition coefficient (Wildman–Crippen LogP) is 3.59. The lowest BCUT2D eigenvalue weighted by Gasteiger charge is -2.11. The average molecular weight is 251 g/mol. The van der Waals surface area contributed by atoms with Crippen molar-refractivity contribution in [1.82, 2.24) is 0 Å². The SMILES string of the molecule is N#CCc1cc(OC(F)(F)F)cc(C(F)F)c1. The Morgan fingerprint density at radius 1 is 1.24 bits per heavy atom. The van der Waals surface area contributed by atoms with Crippen LogP contribution in [0.3, 0.4) is 0 Å². The molecule has 17 heavy (non-hydrogen) atoms. The van der Waals surface area contributed by atoms with E-state index in [0.717, 1.165) is 12.1 Å². The molecule has 0 radical (unpaired) electrons. The van der Waals surface area contributed by atoms with Crippen molar-refractivity contribution < 1.29 is 26.7 Å². The van der Waals surface area contributed by atoms with Gasteiger partial charge in [0.1, 0.15) is 5.75 Å². The zero-order chi connectivity index (χ0) is 13.1. The molecule has 0 unspecified atom stereocenters. The second kappa shape index (κ2) is 4.99. The van der Waals surface area contributed by atoms with E-state index >= 15 is 0 Å². The molecule has 92 valence electrons. The van der Waals surface area contributed by atoms with Gasteiger partial charge in [-0.3, -0.25) is 0 Å². The van der Waals surface area contributed by atoms with E-state index in [1.54, 1.807) is 6.07 Å². The topological polar surface area (TPSA) is 33.0 Å². The fraction of sp³-hybridized carbons (Fsp3) is 0.300. The molecule has 1 aromatic carbocycles. The molecule has 0 aliphatic heterocycles. The molecule has 0 atom stereocenters. The van der Waals surface area contributed by atoms with Gasteiger partial charge >= 0.3 is 6.36 Å². The highest BCUT2D eigenvalue weighted by molar-refractivity contribution is 5.36. The number of ether oxygens (including phenoxy) is 1. The van der Waals surface area contributed by atoms with Crippen LogP contribution < -0.4 is 4.74 Å². The molecule has 0 spiro atoms. The summed E-state index contributed by atoms with van der Waals surface area (Å²) in [5.41, 5.74) is -0.568. The van der Waals surface area contributed by atoms with E-state index in [0.29, 0.717) is 6.07 Å². The van der Waals surface area contributed by atoms with Crippen LogP contribution in [-0.2, 0) is 6.42 Å². The summed E-state index contributed by atoms with van der Waals surface area (Å²) in [6.45, 7) is 0. The molecule has 1 aromatic rings. The molecular formula is C10H6F5NO. The number of nitriles is 1. The first-order valence-corrected chi connectivity index (χ1v) is 4.36. The molecule has 0 saturated carbocycles.